The zero-order valence-corrected chi connectivity index (χ0v) is 12.9. The van der Waals surface area contributed by atoms with E-state index < -0.39 is 23.1 Å². The van der Waals surface area contributed by atoms with Gasteiger partial charge in [-0.1, -0.05) is 11.6 Å². The van der Waals surface area contributed by atoms with Crippen LogP contribution in [0.4, 0.5) is 4.39 Å². The molecule has 0 aliphatic rings. The molecule has 1 aromatic carbocycles. The lowest BCUT2D eigenvalue weighted by molar-refractivity contribution is -0.146. The van der Waals surface area contributed by atoms with Gasteiger partial charge in [-0.3, -0.25) is 9.59 Å². The molecule has 0 spiro atoms. The van der Waals surface area contributed by atoms with Crippen molar-refractivity contribution in [3.63, 3.8) is 0 Å². The van der Waals surface area contributed by atoms with Crippen molar-refractivity contribution in [1.82, 2.24) is 5.32 Å². The number of hydrogen-bond acceptors (Lipinski definition) is 3. The van der Waals surface area contributed by atoms with E-state index in [2.05, 4.69) is 5.32 Å². The molecule has 0 saturated carbocycles. The number of carboxylic acid groups (broad SMARTS) is 1. The Morgan fingerprint density at radius 2 is 2.10 bits per heavy atom. The van der Waals surface area contributed by atoms with Crippen molar-refractivity contribution in [1.29, 1.82) is 0 Å². The summed E-state index contributed by atoms with van der Waals surface area (Å²) in [4.78, 5) is 23.4. The Labute approximate surface area is 129 Å². The lowest BCUT2D eigenvalue weighted by Crippen LogP contribution is -2.38. The van der Waals surface area contributed by atoms with Gasteiger partial charge in [0.1, 0.15) is 10.7 Å². The van der Waals surface area contributed by atoms with E-state index in [0.717, 1.165) is 11.3 Å². The molecule has 0 fully saturated rings. The van der Waals surface area contributed by atoms with Crippen molar-refractivity contribution in [2.75, 3.05) is 6.54 Å². The van der Waals surface area contributed by atoms with Gasteiger partial charge >= 0.3 is 5.97 Å². The van der Waals surface area contributed by atoms with Gasteiger partial charge in [0.05, 0.1) is 10.4 Å². The normalized spacial score (nSPS) is 11.6. The molecule has 0 bridgehead atoms. The number of thiophene rings is 1. The predicted octanol–water partition coefficient (Wildman–Crippen LogP) is 3.53. The summed E-state index contributed by atoms with van der Waals surface area (Å²) < 4.78 is 13.7. The number of carbonyl (C=O) groups excluding carboxylic acids is 1. The van der Waals surface area contributed by atoms with Crippen LogP contribution in [0.2, 0.25) is 5.02 Å². The standard InChI is InChI=1S/C14H13ClFNO3S/c1-14(2,13(19)20)6-17-12(18)11-10(15)8-4-3-7(16)5-9(8)21-11/h3-5H,6H2,1-2H3,(H,17,18)(H,19,20). The van der Waals surface area contributed by atoms with Crippen molar-refractivity contribution in [3.8, 4) is 0 Å². The molecule has 2 rings (SSSR count). The highest BCUT2D eigenvalue weighted by Crippen LogP contribution is 2.35. The number of amides is 1. The van der Waals surface area contributed by atoms with Crippen LogP contribution < -0.4 is 5.32 Å². The molecule has 0 radical (unpaired) electrons. The maximum atomic E-state index is 13.2. The van der Waals surface area contributed by atoms with Crippen molar-refractivity contribution in [3.05, 3.63) is 33.9 Å². The summed E-state index contributed by atoms with van der Waals surface area (Å²) in [5.41, 5.74) is -1.08. The number of aliphatic carboxylic acids is 1. The van der Waals surface area contributed by atoms with Crippen molar-refractivity contribution in [2.24, 2.45) is 5.41 Å². The predicted molar refractivity (Wildman–Crippen MR) is 80.5 cm³/mol. The lowest BCUT2D eigenvalue weighted by Gasteiger charge is -2.19. The van der Waals surface area contributed by atoms with E-state index in [1.165, 1.54) is 32.0 Å². The minimum Gasteiger partial charge on any atom is -0.481 e. The summed E-state index contributed by atoms with van der Waals surface area (Å²) in [6.07, 6.45) is 0. The van der Waals surface area contributed by atoms with Gasteiger partial charge in [-0.2, -0.15) is 0 Å². The van der Waals surface area contributed by atoms with Crippen LogP contribution in [0.3, 0.4) is 0 Å². The van der Waals surface area contributed by atoms with Crippen molar-refractivity contribution in [2.45, 2.75) is 13.8 Å². The van der Waals surface area contributed by atoms with Crippen LogP contribution in [0.25, 0.3) is 10.1 Å². The fraction of sp³-hybridized carbons (Fsp3) is 0.286. The molecular weight excluding hydrogens is 317 g/mol. The Bertz CT molecular complexity index is 726. The van der Waals surface area contributed by atoms with Gasteiger partial charge in [-0.25, -0.2) is 4.39 Å². The molecule has 112 valence electrons. The van der Waals surface area contributed by atoms with E-state index >= 15 is 0 Å². The molecule has 2 N–H and O–H groups in total. The number of hydrogen-bond donors (Lipinski definition) is 2. The Kier molecular flexibility index (Phi) is 4.20. The Hall–Kier alpha value is -1.66. The molecule has 7 heteroatoms. The van der Waals surface area contributed by atoms with Crippen LogP contribution in [0, 0.1) is 11.2 Å². The lowest BCUT2D eigenvalue weighted by atomic mass is 9.94. The number of carboxylic acids is 1. The first kappa shape index (κ1) is 15.7. The second kappa shape index (κ2) is 5.61. The van der Waals surface area contributed by atoms with Crippen LogP contribution in [-0.4, -0.2) is 23.5 Å². The van der Waals surface area contributed by atoms with Crippen molar-refractivity contribution >= 4 is 44.9 Å². The highest BCUT2D eigenvalue weighted by atomic mass is 35.5. The molecule has 1 amide bonds. The van der Waals surface area contributed by atoms with E-state index in [1.807, 2.05) is 0 Å². The largest absolute Gasteiger partial charge is 0.481 e. The number of benzene rings is 1. The molecule has 21 heavy (non-hydrogen) atoms. The van der Waals surface area contributed by atoms with Gasteiger partial charge in [0.15, 0.2) is 0 Å². The fourth-order valence-corrected chi connectivity index (χ4v) is 3.10. The number of carbonyl (C=O) groups is 2. The van der Waals surface area contributed by atoms with E-state index in [0.29, 0.717) is 10.1 Å². The molecule has 1 aromatic heterocycles. The number of fused-ring (bicyclic) bond motifs is 1. The molecule has 0 unspecified atom stereocenters. The van der Waals surface area contributed by atoms with E-state index in [9.17, 15) is 14.0 Å². The van der Waals surface area contributed by atoms with Gasteiger partial charge in [0.25, 0.3) is 5.91 Å². The van der Waals surface area contributed by atoms with Crippen molar-refractivity contribution < 1.29 is 19.1 Å². The van der Waals surface area contributed by atoms with Crippen LogP contribution in [0.15, 0.2) is 18.2 Å². The zero-order valence-electron chi connectivity index (χ0n) is 11.4. The van der Waals surface area contributed by atoms with Gasteiger partial charge < -0.3 is 10.4 Å². The van der Waals surface area contributed by atoms with E-state index in [-0.39, 0.29) is 16.4 Å². The van der Waals surface area contributed by atoms with Gasteiger partial charge in [0.2, 0.25) is 0 Å². The van der Waals surface area contributed by atoms with E-state index in [4.69, 9.17) is 16.7 Å². The third-order valence-electron chi connectivity index (χ3n) is 3.07. The summed E-state index contributed by atoms with van der Waals surface area (Å²) in [6, 6.07) is 4.10. The summed E-state index contributed by atoms with van der Waals surface area (Å²) >= 11 is 7.20. The third-order valence-corrected chi connectivity index (χ3v) is 4.72. The smallest absolute Gasteiger partial charge is 0.310 e. The number of halogens is 2. The molecule has 4 nitrogen and oxygen atoms in total. The summed E-state index contributed by atoms with van der Waals surface area (Å²) in [7, 11) is 0. The third kappa shape index (κ3) is 3.16. The summed E-state index contributed by atoms with van der Waals surface area (Å²) in [5, 5.41) is 12.4. The van der Waals surface area contributed by atoms with Gasteiger partial charge in [-0.15, -0.1) is 11.3 Å². The summed E-state index contributed by atoms with van der Waals surface area (Å²) in [6.45, 7) is 3.00. The quantitative estimate of drug-likeness (QED) is 0.901. The summed E-state index contributed by atoms with van der Waals surface area (Å²) in [5.74, 6) is -1.87. The number of nitrogens with one attached hydrogen (secondary N) is 1. The van der Waals surface area contributed by atoms with Gasteiger partial charge in [-0.05, 0) is 32.0 Å². The SMILES string of the molecule is CC(C)(CNC(=O)c1sc2cc(F)ccc2c1Cl)C(=O)O. The molecule has 0 atom stereocenters. The first-order valence-corrected chi connectivity index (χ1v) is 7.31. The maximum Gasteiger partial charge on any atom is 0.310 e. The van der Waals surface area contributed by atoms with Gasteiger partial charge in [0, 0.05) is 16.6 Å². The fourth-order valence-electron chi connectivity index (χ4n) is 1.64. The molecule has 0 saturated heterocycles. The van der Waals surface area contributed by atoms with Crippen LogP contribution in [0.5, 0.6) is 0 Å². The molecule has 1 heterocycles. The molecule has 0 aliphatic heterocycles. The minimum absolute atomic E-state index is 0.0277. The topological polar surface area (TPSA) is 66.4 Å². The van der Waals surface area contributed by atoms with Crippen LogP contribution >= 0.6 is 22.9 Å². The van der Waals surface area contributed by atoms with Crippen LogP contribution in [-0.2, 0) is 4.79 Å². The molecule has 2 aromatic rings. The monoisotopic (exact) mass is 329 g/mol. The molecular formula is C14H13ClFNO3S. The zero-order chi connectivity index (χ0) is 15.8. The average Bonchev–Trinajstić information content (AvgIpc) is 2.72. The highest BCUT2D eigenvalue weighted by Gasteiger charge is 2.28. The minimum atomic E-state index is -1.08. The first-order chi connectivity index (χ1) is 9.72. The Balaban J connectivity index is 2.24. The first-order valence-electron chi connectivity index (χ1n) is 6.11. The average molecular weight is 330 g/mol. The highest BCUT2D eigenvalue weighted by molar-refractivity contribution is 7.21. The Morgan fingerprint density at radius 1 is 1.43 bits per heavy atom. The van der Waals surface area contributed by atoms with E-state index in [1.54, 1.807) is 0 Å². The number of rotatable bonds is 4. The second-order valence-corrected chi connectivity index (χ2v) is 6.69. The van der Waals surface area contributed by atoms with Crippen LogP contribution in [0.1, 0.15) is 23.5 Å². The Morgan fingerprint density at radius 3 is 2.71 bits per heavy atom. The molecule has 0 aliphatic carbocycles. The second-order valence-electron chi connectivity index (χ2n) is 5.26. The maximum absolute atomic E-state index is 13.2.